The van der Waals surface area contributed by atoms with Crippen LogP contribution >= 0.6 is 0 Å². The maximum Gasteiger partial charge on any atom is 0.142 e. The summed E-state index contributed by atoms with van der Waals surface area (Å²) >= 11 is 0. The molecule has 0 spiro atoms. The molecule has 2 fully saturated rings. The Kier molecular flexibility index (Phi) is 6.41. The number of benzene rings is 2. The van der Waals surface area contributed by atoms with Gasteiger partial charge in [0, 0.05) is 57.7 Å². The van der Waals surface area contributed by atoms with Gasteiger partial charge < -0.3 is 9.64 Å². The minimum absolute atomic E-state index is 0.651. The van der Waals surface area contributed by atoms with Crippen molar-refractivity contribution in [3.63, 3.8) is 0 Å². The van der Waals surface area contributed by atoms with E-state index < -0.39 is 0 Å². The van der Waals surface area contributed by atoms with E-state index >= 15 is 0 Å². The lowest BCUT2D eigenvalue weighted by Crippen LogP contribution is -2.55. The van der Waals surface area contributed by atoms with E-state index in [2.05, 4.69) is 62.3 Å². The number of piperidine rings is 1. The van der Waals surface area contributed by atoms with E-state index in [0.29, 0.717) is 6.04 Å². The molecule has 1 atom stereocenters. The van der Waals surface area contributed by atoms with Crippen LogP contribution in [-0.2, 0) is 6.54 Å². The molecule has 0 bridgehead atoms. The number of anilines is 1. The average Bonchev–Trinajstić information content (AvgIpc) is 3.40. The SMILES string of the molecule is COc1ccccc1N1CCN([C@H]2CCCN(Cc3cccc(-n4cccn4)c3)C2)CC1. The van der Waals surface area contributed by atoms with Crippen molar-refractivity contribution in [2.45, 2.75) is 25.4 Å². The molecule has 3 aromatic rings. The predicted molar refractivity (Wildman–Crippen MR) is 129 cm³/mol. The number of piperazine rings is 1. The zero-order valence-electron chi connectivity index (χ0n) is 18.9. The highest BCUT2D eigenvalue weighted by atomic mass is 16.5. The molecule has 6 nitrogen and oxygen atoms in total. The van der Waals surface area contributed by atoms with E-state index in [1.54, 1.807) is 7.11 Å². The number of nitrogens with zero attached hydrogens (tertiary/aromatic N) is 5. The topological polar surface area (TPSA) is 36.8 Å². The fourth-order valence-electron chi connectivity index (χ4n) is 5.17. The third kappa shape index (κ3) is 4.66. The first-order valence-corrected chi connectivity index (χ1v) is 11.7. The van der Waals surface area contributed by atoms with Crippen molar-refractivity contribution >= 4 is 5.69 Å². The van der Waals surface area contributed by atoms with Gasteiger partial charge in [-0.2, -0.15) is 5.10 Å². The Bertz CT molecular complexity index is 997. The van der Waals surface area contributed by atoms with Crippen LogP contribution in [0.25, 0.3) is 5.69 Å². The predicted octanol–water partition coefficient (Wildman–Crippen LogP) is 3.67. The van der Waals surface area contributed by atoms with E-state index in [0.717, 1.165) is 50.7 Å². The van der Waals surface area contributed by atoms with Gasteiger partial charge in [-0.3, -0.25) is 9.80 Å². The Morgan fingerprint density at radius 3 is 2.66 bits per heavy atom. The molecule has 0 aliphatic carbocycles. The van der Waals surface area contributed by atoms with E-state index in [-0.39, 0.29) is 0 Å². The van der Waals surface area contributed by atoms with Crippen molar-refractivity contribution < 1.29 is 4.74 Å². The fraction of sp³-hybridized carbons (Fsp3) is 0.423. The Morgan fingerprint density at radius 2 is 1.84 bits per heavy atom. The molecule has 5 rings (SSSR count). The van der Waals surface area contributed by atoms with Crippen molar-refractivity contribution in [2.24, 2.45) is 0 Å². The summed E-state index contributed by atoms with van der Waals surface area (Å²) in [6.45, 7) is 7.69. The molecule has 2 saturated heterocycles. The Morgan fingerprint density at radius 1 is 0.969 bits per heavy atom. The average molecular weight is 432 g/mol. The molecule has 0 N–H and O–H groups in total. The van der Waals surface area contributed by atoms with Crippen molar-refractivity contribution in [1.82, 2.24) is 19.6 Å². The van der Waals surface area contributed by atoms with E-state index in [1.807, 2.05) is 29.2 Å². The van der Waals surface area contributed by atoms with Gasteiger partial charge in [-0.15, -0.1) is 0 Å². The van der Waals surface area contributed by atoms with E-state index in [1.165, 1.54) is 30.6 Å². The Labute approximate surface area is 191 Å². The summed E-state index contributed by atoms with van der Waals surface area (Å²) in [6.07, 6.45) is 6.41. The molecule has 32 heavy (non-hydrogen) atoms. The first kappa shape index (κ1) is 21.0. The van der Waals surface area contributed by atoms with Crippen LogP contribution in [0.15, 0.2) is 67.0 Å². The van der Waals surface area contributed by atoms with Crippen LogP contribution < -0.4 is 9.64 Å². The maximum absolute atomic E-state index is 5.58. The molecule has 2 aliphatic heterocycles. The molecule has 168 valence electrons. The lowest BCUT2D eigenvalue weighted by molar-refractivity contribution is 0.0887. The zero-order chi connectivity index (χ0) is 21.8. The maximum atomic E-state index is 5.58. The summed E-state index contributed by atoms with van der Waals surface area (Å²) in [4.78, 5) is 7.80. The monoisotopic (exact) mass is 431 g/mol. The van der Waals surface area contributed by atoms with Gasteiger partial charge in [-0.1, -0.05) is 24.3 Å². The standard InChI is InChI=1S/C26H33N5O/c1-32-26-11-3-2-10-25(26)30-17-15-29(16-18-30)24-9-5-13-28(21-24)20-22-7-4-8-23(19-22)31-14-6-12-27-31/h2-4,6-8,10-12,14,19,24H,5,9,13,15-18,20-21H2,1H3/t24-/m0/s1. The molecule has 3 heterocycles. The number of aromatic nitrogens is 2. The zero-order valence-corrected chi connectivity index (χ0v) is 18.9. The number of para-hydroxylation sites is 2. The molecule has 2 aromatic carbocycles. The summed E-state index contributed by atoms with van der Waals surface area (Å²) in [5.41, 5.74) is 3.71. The lowest BCUT2D eigenvalue weighted by Gasteiger charge is -2.44. The quantitative estimate of drug-likeness (QED) is 0.595. The minimum Gasteiger partial charge on any atom is -0.495 e. The van der Waals surface area contributed by atoms with Gasteiger partial charge in [0.25, 0.3) is 0 Å². The fourth-order valence-corrected chi connectivity index (χ4v) is 5.17. The van der Waals surface area contributed by atoms with Crippen LogP contribution in [0.1, 0.15) is 18.4 Å². The van der Waals surface area contributed by atoms with Gasteiger partial charge in [-0.05, 0) is 55.3 Å². The number of methoxy groups -OCH3 is 1. The first-order chi connectivity index (χ1) is 15.8. The molecular weight excluding hydrogens is 398 g/mol. The second-order valence-electron chi connectivity index (χ2n) is 8.85. The highest BCUT2D eigenvalue weighted by Crippen LogP contribution is 2.29. The van der Waals surface area contributed by atoms with Crippen molar-refractivity contribution in [3.05, 3.63) is 72.6 Å². The summed E-state index contributed by atoms with van der Waals surface area (Å²) in [5, 5.41) is 4.37. The van der Waals surface area contributed by atoms with Crippen LogP contribution in [0.4, 0.5) is 5.69 Å². The second kappa shape index (κ2) is 9.76. The van der Waals surface area contributed by atoms with Crippen LogP contribution in [-0.4, -0.2) is 72.0 Å². The van der Waals surface area contributed by atoms with Gasteiger partial charge in [0.2, 0.25) is 0 Å². The number of hydrogen-bond donors (Lipinski definition) is 0. The third-order valence-corrected chi connectivity index (χ3v) is 6.82. The second-order valence-corrected chi connectivity index (χ2v) is 8.85. The molecule has 0 radical (unpaired) electrons. The molecule has 0 amide bonds. The van der Waals surface area contributed by atoms with Crippen molar-refractivity contribution in [2.75, 3.05) is 51.3 Å². The van der Waals surface area contributed by atoms with Crippen LogP contribution in [0, 0.1) is 0 Å². The number of rotatable bonds is 6. The Hall–Kier alpha value is -2.83. The van der Waals surface area contributed by atoms with Crippen molar-refractivity contribution in [1.29, 1.82) is 0 Å². The van der Waals surface area contributed by atoms with Gasteiger partial charge in [-0.25, -0.2) is 4.68 Å². The normalized spacial score (nSPS) is 20.4. The van der Waals surface area contributed by atoms with Gasteiger partial charge in [0.15, 0.2) is 0 Å². The summed E-state index contributed by atoms with van der Waals surface area (Å²) in [5.74, 6) is 0.974. The molecular formula is C26H33N5O. The van der Waals surface area contributed by atoms with Gasteiger partial charge in [0.05, 0.1) is 18.5 Å². The largest absolute Gasteiger partial charge is 0.495 e. The van der Waals surface area contributed by atoms with E-state index in [4.69, 9.17) is 4.74 Å². The van der Waals surface area contributed by atoms with Crippen LogP contribution in [0.5, 0.6) is 5.75 Å². The molecule has 0 unspecified atom stereocenters. The third-order valence-electron chi connectivity index (χ3n) is 6.82. The highest BCUT2D eigenvalue weighted by Gasteiger charge is 2.28. The van der Waals surface area contributed by atoms with E-state index in [9.17, 15) is 0 Å². The number of hydrogen-bond acceptors (Lipinski definition) is 5. The van der Waals surface area contributed by atoms with Crippen LogP contribution in [0.2, 0.25) is 0 Å². The summed E-state index contributed by atoms with van der Waals surface area (Å²) < 4.78 is 7.51. The lowest BCUT2D eigenvalue weighted by atomic mass is 10.0. The van der Waals surface area contributed by atoms with Gasteiger partial charge >= 0.3 is 0 Å². The summed E-state index contributed by atoms with van der Waals surface area (Å²) in [7, 11) is 1.76. The highest BCUT2D eigenvalue weighted by molar-refractivity contribution is 5.58. The van der Waals surface area contributed by atoms with Crippen LogP contribution in [0.3, 0.4) is 0 Å². The molecule has 6 heteroatoms. The van der Waals surface area contributed by atoms with Crippen molar-refractivity contribution in [3.8, 4) is 11.4 Å². The smallest absolute Gasteiger partial charge is 0.142 e. The molecule has 1 aromatic heterocycles. The minimum atomic E-state index is 0.651. The number of likely N-dealkylation sites (tertiary alicyclic amines) is 1. The summed E-state index contributed by atoms with van der Waals surface area (Å²) in [6, 6.07) is 19.8. The molecule has 0 saturated carbocycles. The first-order valence-electron chi connectivity index (χ1n) is 11.7. The number of ether oxygens (including phenoxy) is 1. The Balaban J connectivity index is 1.18. The molecule has 2 aliphatic rings. The van der Waals surface area contributed by atoms with Gasteiger partial charge in [0.1, 0.15) is 5.75 Å².